The summed E-state index contributed by atoms with van der Waals surface area (Å²) in [6.07, 6.45) is 51.2. The van der Waals surface area contributed by atoms with Crippen LogP contribution in [0.15, 0.2) is 0 Å². The molecule has 3 N–H and O–H groups in total. The minimum Gasteiger partial charge on any atom is -0.462 e. The molecule has 0 aromatic carbocycles. The van der Waals surface area contributed by atoms with Crippen molar-refractivity contribution >= 4 is 39.5 Å². The van der Waals surface area contributed by atoms with E-state index in [-0.39, 0.29) is 25.7 Å². The lowest BCUT2D eigenvalue weighted by Crippen LogP contribution is -2.30. The van der Waals surface area contributed by atoms with Crippen LogP contribution < -0.4 is 0 Å². The Kier molecular flexibility index (Phi) is 63.7. The summed E-state index contributed by atoms with van der Waals surface area (Å²) >= 11 is 0. The Morgan fingerprint density at radius 3 is 0.826 bits per heavy atom. The SMILES string of the molecule is CCCCCCCCCCCCCCCCCC(=O)O[C@H](COC(=O)CCCCCCCCCCCCCCCC)COP(=O)(O)OC[C@@H](O)COP(=O)(O)OC[C@@H](COC(=O)CCCCCCCCCCC(C)C)OC(=O)CCCCCCCCCCC(C)CC. The minimum atomic E-state index is -4.95. The Bertz CT molecular complexity index is 1790. The molecule has 0 aromatic heterocycles. The summed E-state index contributed by atoms with van der Waals surface area (Å²) < 4.78 is 68.4. The second kappa shape index (κ2) is 65.0. The number of phosphoric ester groups is 2. The van der Waals surface area contributed by atoms with Crippen molar-refractivity contribution in [1.82, 2.24) is 0 Å². The fourth-order valence-electron chi connectivity index (χ4n) is 11.1. The van der Waals surface area contributed by atoms with E-state index in [4.69, 9.17) is 37.0 Å². The van der Waals surface area contributed by atoms with Crippen LogP contribution in [0, 0.1) is 11.8 Å². The number of carbonyl (C=O) groups excluding carboxylic acids is 4. The zero-order valence-corrected chi connectivity index (χ0v) is 61.6. The van der Waals surface area contributed by atoms with Crippen LogP contribution in [0.5, 0.6) is 0 Å². The van der Waals surface area contributed by atoms with E-state index in [1.54, 1.807) is 0 Å². The van der Waals surface area contributed by atoms with Crippen molar-refractivity contribution in [3.8, 4) is 0 Å². The lowest BCUT2D eigenvalue weighted by molar-refractivity contribution is -0.161. The van der Waals surface area contributed by atoms with Gasteiger partial charge in [-0.15, -0.1) is 0 Å². The number of aliphatic hydroxyl groups is 1. The maximum Gasteiger partial charge on any atom is 0.472 e. The van der Waals surface area contributed by atoms with Gasteiger partial charge in [-0.05, 0) is 37.5 Å². The molecule has 6 atom stereocenters. The van der Waals surface area contributed by atoms with Crippen molar-refractivity contribution in [3.63, 3.8) is 0 Å². The number of phosphoric acid groups is 2. The third-order valence-corrected chi connectivity index (χ3v) is 19.2. The molecule has 92 heavy (non-hydrogen) atoms. The first kappa shape index (κ1) is 90.1. The van der Waals surface area contributed by atoms with Crippen molar-refractivity contribution in [3.05, 3.63) is 0 Å². The molecule has 0 amide bonds. The average molecular weight is 1350 g/mol. The van der Waals surface area contributed by atoms with Gasteiger partial charge in [-0.25, -0.2) is 9.13 Å². The average Bonchev–Trinajstić information content (AvgIpc) is 3.65. The van der Waals surface area contributed by atoms with Crippen LogP contribution in [0.3, 0.4) is 0 Å². The van der Waals surface area contributed by atoms with Gasteiger partial charge in [0.25, 0.3) is 0 Å². The van der Waals surface area contributed by atoms with Gasteiger partial charge in [0.15, 0.2) is 12.2 Å². The van der Waals surface area contributed by atoms with Gasteiger partial charge in [0.1, 0.15) is 19.3 Å². The van der Waals surface area contributed by atoms with Crippen LogP contribution >= 0.6 is 15.6 Å². The van der Waals surface area contributed by atoms with E-state index in [0.717, 1.165) is 102 Å². The fourth-order valence-corrected chi connectivity index (χ4v) is 12.7. The third-order valence-electron chi connectivity index (χ3n) is 17.3. The molecule has 0 spiro atoms. The molecule has 0 saturated heterocycles. The largest absolute Gasteiger partial charge is 0.472 e. The number of ether oxygens (including phenoxy) is 4. The standard InChI is InChI=1S/C73H142O17P2/c1-7-10-12-14-16-18-20-22-24-26-28-30-39-45-51-57-72(77)89-68(61-83-70(75)55-49-43-37-29-27-25-23-21-19-17-15-13-11-8-2)63-87-91(79,80)85-59-67(74)60-86-92(81,82)88-64-69(62-84-71(76)56-50-44-38-33-31-35-41-47-53-65(4)5)90-73(78)58-52-46-40-34-32-36-42-48-54-66(6)9-3/h65-69,74H,7-64H2,1-6H3,(H,79,80)(H,81,82)/t66?,67-,68-,69-/m1/s1. The summed E-state index contributed by atoms with van der Waals surface area (Å²) in [5.74, 6) is -0.624. The molecule has 0 radical (unpaired) electrons. The van der Waals surface area contributed by atoms with Gasteiger partial charge in [0, 0.05) is 25.7 Å². The number of hydrogen-bond donors (Lipinski definition) is 3. The Morgan fingerprint density at radius 2 is 0.554 bits per heavy atom. The number of aliphatic hydroxyl groups excluding tert-OH is 1. The zero-order chi connectivity index (χ0) is 67.9. The molecule has 3 unspecified atom stereocenters. The van der Waals surface area contributed by atoms with Crippen LogP contribution in [-0.2, 0) is 65.4 Å². The van der Waals surface area contributed by atoms with Crippen LogP contribution in [0.2, 0.25) is 0 Å². The number of hydrogen-bond acceptors (Lipinski definition) is 15. The van der Waals surface area contributed by atoms with E-state index in [1.165, 1.54) is 193 Å². The van der Waals surface area contributed by atoms with Gasteiger partial charge in [-0.3, -0.25) is 37.3 Å². The fraction of sp³-hybridized carbons (Fsp3) is 0.945. The number of carbonyl (C=O) groups is 4. The number of unbranched alkanes of at least 4 members (excludes halogenated alkanes) is 41. The van der Waals surface area contributed by atoms with Crippen LogP contribution in [-0.4, -0.2) is 96.7 Å². The van der Waals surface area contributed by atoms with Crippen molar-refractivity contribution in [2.45, 2.75) is 394 Å². The van der Waals surface area contributed by atoms with E-state index in [2.05, 4.69) is 41.5 Å². The topological polar surface area (TPSA) is 237 Å². The summed E-state index contributed by atoms with van der Waals surface area (Å²) in [6, 6.07) is 0. The highest BCUT2D eigenvalue weighted by Crippen LogP contribution is 2.45. The van der Waals surface area contributed by atoms with E-state index < -0.39 is 97.5 Å². The van der Waals surface area contributed by atoms with Gasteiger partial charge in [0.2, 0.25) is 0 Å². The second-order valence-corrected chi connectivity index (χ2v) is 30.0. The van der Waals surface area contributed by atoms with Crippen LogP contribution in [0.4, 0.5) is 0 Å². The second-order valence-electron chi connectivity index (χ2n) is 27.1. The molecule has 19 heteroatoms. The lowest BCUT2D eigenvalue weighted by atomic mass is 9.99. The Morgan fingerprint density at radius 1 is 0.315 bits per heavy atom. The highest BCUT2D eigenvalue weighted by Gasteiger charge is 2.30. The molecule has 0 aromatic rings. The maximum absolute atomic E-state index is 13.1. The first-order valence-electron chi connectivity index (χ1n) is 38.0. The molecule has 0 bridgehead atoms. The van der Waals surface area contributed by atoms with Gasteiger partial charge in [-0.2, -0.15) is 0 Å². The van der Waals surface area contributed by atoms with Crippen molar-refractivity contribution < 1.29 is 80.2 Å². The molecular formula is C73H142O17P2. The molecular weight excluding hydrogens is 1210 g/mol. The monoisotopic (exact) mass is 1350 g/mol. The van der Waals surface area contributed by atoms with E-state index in [0.29, 0.717) is 25.7 Å². The predicted molar refractivity (Wildman–Crippen MR) is 372 cm³/mol. The maximum atomic E-state index is 13.1. The molecule has 17 nitrogen and oxygen atoms in total. The highest BCUT2D eigenvalue weighted by atomic mass is 31.2. The van der Waals surface area contributed by atoms with E-state index in [1.807, 2.05) is 0 Å². The van der Waals surface area contributed by atoms with Crippen molar-refractivity contribution in [2.24, 2.45) is 11.8 Å². The van der Waals surface area contributed by atoms with Gasteiger partial charge in [0.05, 0.1) is 26.4 Å². The quantitative estimate of drug-likeness (QED) is 0.0222. The zero-order valence-electron chi connectivity index (χ0n) is 59.9. The van der Waals surface area contributed by atoms with E-state index in [9.17, 15) is 43.2 Å². The highest BCUT2D eigenvalue weighted by molar-refractivity contribution is 7.47. The minimum absolute atomic E-state index is 0.105. The van der Waals surface area contributed by atoms with Gasteiger partial charge in [-0.1, -0.05) is 324 Å². The normalized spacial score (nSPS) is 14.4. The van der Waals surface area contributed by atoms with Crippen molar-refractivity contribution in [2.75, 3.05) is 39.6 Å². The molecule has 0 aliphatic carbocycles. The van der Waals surface area contributed by atoms with Crippen LogP contribution in [0.25, 0.3) is 0 Å². The van der Waals surface area contributed by atoms with Crippen molar-refractivity contribution in [1.29, 1.82) is 0 Å². The molecule has 0 aliphatic rings. The molecule has 546 valence electrons. The number of rotatable bonds is 72. The first-order chi connectivity index (χ1) is 44.4. The number of esters is 4. The van der Waals surface area contributed by atoms with Crippen LogP contribution in [0.1, 0.15) is 375 Å². The molecule has 0 rings (SSSR count). The van der Waals surface area contributed by atoms with Gasteiger partial charge < -0.3 is 33.8 Å². The summed E-state index contributed by atoms with van der Waals surface area (Å²) in [6.45, 7) is 9.54. The summed E-state index contributed by atoms with van der Waals surface area (Å²) in [7, 11) is -9.91. The summed E-state index contributed by atoms with van der Waals surface area (Å²) in [4.78, 5) is 72.7. The summed E-state index contributed by atoms with van der Waals surface area (Å²) in [5.41, 5.74) is 0. The Hall–Kier alpha value is -1.94. The first-order valence-corrected chi connectivity index (χ1v) is 41.0. The smallest absolute Gasteiger partial charge is 0.462 e. The van der Waals surface area contributed by atoms with E-state index >= 15 is 0 Å². The lowest BCUT2D eigenvalue weighted by Gasteiger charge is -2.21. The molecule has 0 heterocycles. The molecule has 0 aliphatic heterocycles. The molecule has 0 fully saturated rings. The predicted octanol–water partition coefficient (Wildman–Crippen LogP) is 21.2. The summed E-state index contributed by atoms with van der Waals surface area (Å²) in [5, 5.41) is 10.6. The van der Waals surface area contributed by atoms with Gasteiger partial charge >= 0.3 is 39.5 Å². The Balaban J connectivity index is 5.26. The molecule has 0 saturated carbocycles. The third kappa shape index (κ3) is 65.4. The Labute approximate surface area is 562 Å².